The maximum Gasteiger partial charge on any atom is 0.223 e. The van der Waals surface area contributed by atoms with Crippen molar-refractivity contribution in [1.82, 2.24) is 20.0 Å². The molecule has 1 unspecified atom stereocenters. The van der Waals surface area contributed by atoms with Gasteiger partial charge < -0.3 is 15.1 Å². The van der Waals surface area contributed by atoms with Crippen molar-refractivity contribution in [1.29, 1.82) is 0 Å². The molecular formula is C21H42N4O. The minimum absolute atomic E-state index is 0.0555. The minimum atomic E-state index is -0.0555. The van der Waals surface area contributed by atoms with E-state index in [1.807, 2.05) is 0 Å². The summed E-state index contributed by atoms with van der Waals surface area (Å²) in [7, 11) is 0. The Hall–Kier alpha value is -0.650. The number of hydrogen-bond donors (Lipinski definition) is 1. The van der Waals surface area contributed by atoms with E-state index in [1.54, 1.807) is 0 Å². The smallest absolute Gasteiger partial charge is 0.223 e. The van der Waals surface area contributed by atoms with Crippen molar-refractivity contribution in [2.45, 2.75) is 66.0 Å². The number of amides is 1. The quantitative estimate of drug-likeness (QED) is 0.750. The molecule has 2 aliphatic heterocycles. The van der Waals surface area contributed by atoms with Gasteiger partial charge in [0, 0.05) is 57.8 Å². The zero-order chi connectivity index (χ0) is 19.3. The van der Waals surface area contributed by atoms with Gasteiger partial charge in [-0.15, -0.1) is 0 Å². The number of rotatable bonds is 7. The van der Waals surface area contributed by atoms with Gasteiger partial charge in [-0.25, -0.2) is 0 Å². The van der Waals surface area contributed by atoms with E-state index in [1.165, 1.54) is 0 Å². The second-order valence-electron chi connectivity index (χ2n) is 9.14. The van der Waals surface area contributed by atoms with Gasteiger partial charge in [0.1, 0.15) is 0 Å². The summed E-state index contributed by atoms with van der Waals surface area (Å²) in [6, 6.07) is 0.589. The number of piperidine rings is 1. The molecule has 0 bridgehead atoms. The molecule has 0 aliphatic carbocycles. The van der Waals surface area contributed by atoms with E-state index in [2.05, 4.69) is 61.6 Å². The number of likely N-dealkylation sites (N-methyl/N-ethyl adjacent to an activating group) is 1. The molecular weight excluding hydrogens is 324 g/mol. The SMILES string of the molecule is CCN1CCN(CC2(NC(=O)C(C)C(C)C)CCN(C(C)C)CC2)CC1. The highest BCUT2D eigenvalue weighted by atomic mass is 16.2. The molecule has 1 amide bonds. The van der Waals surface area contributed by atoms with E-state index in [-0.39, 0.29) is 17.4 Å². The largest absolute Gasteiger partial charge is 0.349 e. The molecule has 1 N–H and O–H groups in total. The van der Waals surface area contributed by atoms with E-state index in [9.17, 15) is 4.79 Å². The van der Waals surface area contributed by atoms with Crippen LogP contribution in [0.25, 0.3) is 0 Å². The van der Waals surface area contributed by atoms with Gasteiger partial charge in [-0.2, -0.15) is 0 Å². The average molecular weight is 367 g/mol. The van der Waals surface area contributed by atoms with Gasteiger partial charge in [0.25, 0.3) is 0 Å². The van der Waals surface area contributed by atoms with E-state index >= 15 is 0 Å². The van der Waals surface area contributed by atoms with Crippen LogP contribution in [0.2, 0.25) is 0 Å². The summed E-state index contributed by atoms with van der Waals surface area (Å²) in [5, 5.41) is 3.52. The Kier molecular flexibility index (Phi) is 7.92. The van der Waals surface area contributed by atoms with Crippen LogP contribution >= 0.6 is 0 Å². The highest BCUT2D eigenvalue weighted by Gasteiger charge is 2.39. The Morgan fingerprint density at radius 2 is 1.46 bits per heavy atom. The molecule has 0 spiro atoms. The summed E-state index contributed by atoms with van der Waals surface area (Å²) in [6.45, 7) is 22.0. The third-order valence-corrected chi connectivity index (χ3v) is 6.73. The molecule has 2 fully saturated rings. The third kappa shape index (κ3) is 5.67. The summed E-state index contributed by atoms with van der Waals surface area (Å²) >= 11 is 0. The second kappa shape index (κ2) is 9.52. The minimum Gasteiger partial charge on any atom is -0.349 e. The first-order chi connectivity index (χ1) is 12.3. The van der Waals surface area contributed by atoms with Gasteiger partial charge in [0.15, 0.2) is 0 Å². The molecule has 5 heteroatoms. The average Bonchev–Trinajstić information content (AvgIpc) is 2.61. The molecule has 0 radical (unpaired) electrons. The fourth-order valence-corrected chi connectivity index (χ4v) is 4.16. The predicted octanol–water partition coefficient (Wildman–Crippen LogP) is 2.28. The molecule has 2 rings (SSSR count). The van der Waals surface area contributed by atoms with E-state index in [4.69, 9.17) is 0 Å². The van der Waals surface area contributed by atoms with Crippen molar-refractivity contribution in [3.8, 4) is 0 Å². The first kappa shape index (κ1) is 21.6. The molecule has 152 valence electrons. The Morgan fingerprint density at radius 3 is 1.92 bits per heavy atom. The number of carbonyl (C=O) groups is 1. The maximum atomic E-state index is 12.9. The van der Waals surface area contributed by atoms with E-state index in [0.29, 0.717) is 12.0 Å². The molecule has 0 aromatic rings. The lowest BCUT2D eigenvalue weighted by molar-refractivity contribution is -0.129. The summed E-state index contributed by atoms with van der Waals surface area (Å²) in [4.78, 5) is 20.5. The lowest BCUT2D eigenvalue weighted by Gasteiger charge is -2.47. The normalized spacial score (nSPS) is 24.2. The molecule has 5 nitrogen and oxygen atoms in total. The van der Waals surface area contributed by atoms with Crippen molar-refractivity contribution in [3.05, 3.63) is 0 Å². The van der Waals surface area contributed by atoms with Crippen molar-refractivity contribution in [2.75, 3.05) is 52.4 Å². The summed E-state index contributed by atoms with van der Waals surface area (Å²) < 4.78 is 0. The van der Waals surface area contributed by atoms with Crippen molar-refractivity contribution in [2.24, 2.45) is 11.8 Å². The van der Waals surface area contributed by atoms with Gasteiger partial charge in [-0.05, 0) is 39.2 Å². The molecule has 2 heterocycles. The Morgan fingerprint density at radius 1 is 0.923 bits per heavy atom. The van der Waals surface area contributed by atoms with Crippen LogP contribution in [-0.4, -0.2) is 84.5 Å². The van der Waals surface area contributed by atoms with E-state index < -0.39 is 0 Å². The maximum absolute atomic E-state index is 12.9. The van der Waals surface area contributed by atoms with Crippen LogP contribution in [-0.2, 0) is 4.79 Å². The zero-order valence-electron chi connectivity index (χ0n) is 18.1. The molecule has 0 aromatic heterocycles. The van der Waals surface area contributed by atoms with Crippen LogP contribution in [0, 0.1) is 11.8 Å². The number of hydrogen-bond acceptors (Lipinski definition) is 4. The summed E-state index contributed by atoms with van der Waals surface area (Å²) in [6.07, 6.45) is 2.13. The number of nitrogens with zero attached hydrogens (tertiary/aromatic N) is 3. The van der Waals surface area contributed by atoms with Crippen LogP contribution in [0.3, 0.4) is 0 Å². The van der Waals surface area contributed by atoms with Crippen LogP contribution in [0.1, 0.15) is 54.4 Å². The fourth-order valence-electron chi connectivity index (χ4n) is 4.16. The second-order valence-corrected chi connectivity index (χ2v) is 9.14. The number of carbonyl (C=O) groups excluding carboxylic acids is 1. The molecule has 1 atom stereocenters. The van der Waals surface area contributed by atoms with Crippen LogP contribution in [0.4, 0.5) is 0 Å². The zero-order valence-corrected chi connectivity index (χ0v) is 18.1. The van der Waals surface area contributed by atoms with Crippen LogP contribution in [0.5, 0.6) is 0 Å². The summed E-state index contributed by atoms with van der Waals surface area (Å²) in [5.41, 5.74) is -0.0555. The monoisotopic (exact) mass is 366 g/mol. The first-order valence-electron chi connectivity index (χ1n) is 10.8. The Balaban J connectivity index is 2.03. The number of nitrogens with one attached hydrogen (secondary N) is 1. The van der Waals surface area contributed by atoms with Gasteiger partial charge >= 0.3 is 0 Å². The van der Waals surface area contributed by atoms with Gasteiger partial charge in [0.2, 0.25) is 5.91 Å². The third-order valence-electron chi connectivity index (χ3n) is 6.73. The topological polar surface area (TPSA) is 38.8 Å². The standard InChI is InChI=1S/C21H42N4O/c1-7-23-12-14-24(15-13-23)16-21(22-20(26)19(6)17(2)3)8-10-25(11-9-21)18(4)5/h17-19H,7-16H2,1-6H3,(H,22,26). The van der Waals surface area contributed by atoms with E-state index in [0.717, 1.165) is 65.2 Å². The lowest BCUT2D eigenvalue weighted by Crippen LogP contribution is -2.63. The Labute approximate surface area is 161 Å². The van der Waals surface area contributed by atoms with Crippen LogP contribution < -0.4 is 5.32 Å². The van der Waals surface area contributed by atoms with Gasteiger partial charge in [0.05, 0.1) is 5.54 Å². The first-order valence-corrected chi connectivity index (χ1v) is 10.8. The summed E-state index contributed by atoms with van der Waals surface area (Å²) in [5.74, 6) is 0.702. The molecule has 0 aromatic carbocycles. The van der Waals surface area contributed by atoms with Gasteiger partial charge in [-0.1, -0.05) is 27.7 Å². The molecule has 0 saturated carbocycles. The number of piperazine rings is 1. The predicted molar refractivity (Wildman–Crippen MR) is 109 cm³/mol. The fraction of sp³-hybridized carbons (Fsp3) is 0.952. The highest BCUT2D eigenvalue weighted by molar-refractivity contribution is 5.79. The van der Waals surface area contributed by atoms with Gasteiger partial charge in [-0.3, -0.25) is 9.69 Å². The molecule has 26 heavy (non-hydrogen) atoms. The molecule has 2 saturated heterocycles. The van der Waals surface area contributed by atoms with Crippen LogP contribution in [0.15, 0.2) is 0 Å². The molecule has 2 aliphatic rings. The number of likely N-dealkylation sites (tertiary alicyclic amines) is 1. The van der Waals surface area contributed by atoms with Crippen molar-refractivity contribution in [3.63, 3.8) is 0 Å². The Bertz CT molecular complexity index is 435. The van der Waals surface area contributed by atoms with Crippen molar-refractivity contribution >= 4 is 5.91 Å². The van der Waals surface area contributed by atoms with Crippen molar-refractivity contribution < 1.29 is 4.79 Å². The highest BCUT2D eigenvalue weighted by Crippen LogP contribution is 2.26. The lowest BCUT2D eigenvalue weighted by atomic mass is 9.84.